The van der Waals surface area contributed by atoms with Gasteiger partial charge in [-0.2, -0.15) is 21.6 Å². The van der Waals surface area contributed by atoms with E-state index in [1.807, 2.05) is 0 Å². The summed E-state index contributed by atoms with van der Waals surface area (Å²) in [5, 5.41) is 0. The highest BCUT2D eigenvalue weighted by atomic mass is 32.2. The average molecular weight is 336 g/mol. The minimum absolute atomic E-state index is 0.206. The zero-order chi connectivity index (χ0) is 16.9. The lowest BCUT2D eigenvalue weighted by Crippen LogP contribution is -2.32. The second-order valence-corrected chi connectivity index (χ2v) is 7.19. The molecule has 8 heteroatoms. The van der Waals surface area contributed by atoms with Crippen LogP contribution in [0.25, 0.3) is 5.76 Å². The van der Waals surface area contributed by atoms with Gasteiger partial charge < -0.3 is 8.92 Å². The molecule has 1 aromatic rings. The Bertz CT molecular complexity index is 746. The van der Waals surface area contributed by atoms with Gasteiger partial charge in [-0.3, -0.25) is 0 Å². The number of rotatable bonds is 2. The second kappa shape index (κ2) is 4.91. The van der Waals surface area contributed by atoms with E-state index in [2.05, 4.69) is 4.18 Å². The largest absolute Gasteiger partial charge is 0.534 e. The second-order valence-electron chi connectivity index (χ2n) is 5.65. The molecule has 4 nitrogen and oxygen atoms in total. The smallest absolute Gasteiger partial charge is 0.483 e. The van der Waals surface area contributed by atoms with Crippen molar-refractivity contribution in [1.29, 1.82) is 0 Å². The molecule has 0 aromatic heterocycles. The van der Waals surface area contributed by atoms with E-state index in [9.17, 15) is 21.6 Å². The van der Waals surface area contributed by atoms with Crippen molar-refractivity contribution in [3.05, 3.63) is 34.9 Å². The Labute approximate surface area is 126 Å². The predicted octanol–water partition coefficient (Wildman–Crippen LogP) is 3.68. The molecule has 0 saturated heterocycles. The summed E-state index contributed by atoms with van der Waals surface area (Å²) in [5.74, 6) is -0.0848. The van der Waals surface area contributed by atoms with E-state index < -0.39 is 21.2 Å². The Hall–Kier alpha value is -1.70. The maximum atomic E-state index is 12.6. The van der Waals surface area contributed by atoms with Crippen LogP contribution in [-0.2, 0) is 14.3 Å². The molecule has 0 atom stereocenters. The lowest BCUT2D eigenvalue weighted by molar-refractivity contribution is -0.0510. The quantitative estimate of drug-likeness (QED) is 0.611. The number of alkyl halides is 3. The highest BCUT2D eigenvalue weighted by Gasteiger charge is 2.49. The van der Waals surface area contributed by atoms with Crippen LogP contribution in [0.5, 0.6) is 5.75 Å². The van der Waals surface area contributed by atoms with Crippen LogP contribution < -0.4 is 4.74 Å². The fourth-order valence-corrected chi connectivity index (χ4v) is 2.72. The number of fused-ring (bicyclic) bond motifs is 1. The molecule has 0 bridgehead atoms. The molecule has 0 aliphatic carbocycles. The molecule has 0 amide bonds. The maximum Gasteiger partial charge on any atom is 0.534 e. The molecule has 0 saturated carbocycles. The molecule has 1 aliphatic heterocycles. The number of halogens is 3. The van der Waals surface area contributed by atoms with Crippen LogP contribution in [0.4, 0.5) is 13.2 Å². The third-order valence-corrected chi connectivity index (χ3v) is 3.99. The van der Waals surface area contributed by atoms with Gasteiger partial charge in [-0.15, -0.1) is 0 Å². The normalized spacial score (nSPS) is 17.3. The summed E-state index contributed by atoms with van der Waals surface area (Å²) in [6, 6.07) is 3.33. The molecule has 0 fully saturated rings. The first-order valence-corrected chi connectivity index (χ1v) is 7.77. The molecule has 1 heterocycles. The molecule has 0 N–H and O–H groups in total. The summed E-state index contributed by atoms with van der Waals surface area (Å²) in [5.41, 5.74) is -4.88. The first kappa shape index (κ1) is 16.7. The molecule has 0 radical (unpaired) electrons. The number of benzene rings is 1. The third kappa shape index (κ3) is 3.06. The highest BCUT2D eigenvalue weighted by molar-refractivity contribution is 7.87. The monoisotopic (exact) mass is 336 g/mol. The molecule has 0 unspecified atom stereocenters. The molecule has 0 spiro atoms. The minimum atomic E-state index is -5.74. The van der Waals surface area contributed by atoms with Crippen molar-refractivity contribution in [3.8, 4) is 5.75 Å². The maximum absolute atomic E-state index is 12.6. The van der Waals surface area contributed by atoms with Crippen molar-refractivity contribution in [2.45, 2.75) is 38.8 Å². The van der Waals surface area contributed by atoms with E-state index in [1.54, 1.807) is 39.8 Å². The molecule has 2 rings (SSSR count). The van der Waals surface area contributed by atoms with Gasteiger partial charge in [-0.25, -0.2) is 0 Å². The standard InChI is InChI=1S/C14H15F3O4S/c1-8-5-9(2)12-10(6-8)20-13(3,4)7-11(12)21-22(18,19)14(15,16)17/h5-7H,1-4H3. The van der Waals surface area contributed by atoms with Crippen LogP contribution in [0.1, 0.15) is 30.5 Å². The van der Waals surface area contributed by atoms with Gasteiger partial charge in [-0.05, 0) is 44.9 Å². The molecule has 22 heavy (non-hydrogen) atoms. The molecule has 122 valence electrons. The van der Waals surface area contributed by atoms with Gasteiger partial charge >= 0.3 is 15.6 Å². The van der Waals surface area contributed by atoms with Crippen molar-refractivity contribution < 1.29 is 30.5 Å². The van der Waals surface area contributed by atoms with Gasteiger partial charge in [0.1, 0.15) is 11.4 Å². The molecular formula is C14H15F3O4S. The first-order valence-electron chi connectivity index (χ1n) is 6.37. The Balaban J connectivity index is 2.59. The van der Waals surface area contributed by atoms with E-state index in [-0.39, 0.29) is 17.1 Å². The van der Waals surface area contributed by atoms with E-state index in [0.717, 1.165) is 5.56 Å². The van der Waals surface area contributed by atoms with Gasteiger partial charge in [-0.1, -0.05) is 6.07 Å². The van der Waals surface area contributed by atoms with Crippen molar-refractivity contribution in [1.82, 2.24) is 0 Å². The van der Waals surface area contributed by atoms with Gasteiger partial charge in [0.25, 0.3) is 0 Å². The van der Waals surface area contributed by atoms with Crippen LogP contribution in [0.3, 0.4) is 0 Å². The summed E-state index contributed by atoms with van der Waals surface area (Å²) in [7, 11) is -5.74. The van der Waals surface area contributed by atoms with Crippen LogP contribution in [0.15, 0.2) is 18.2 Å². The molecular weight excluding hydrogens is 321 g/mol. The topological polar surface area (TPSA) is 52.6 Å². The van der Waals surface area contributed by atoms with Gasteiger partial charge in [0.2, 0.25) is 0 Å². The van der Waals surface area contributed by atoms with Crippen molar-refractivity contribution >= 4 is 15.9 Å². The van der Waals surface area contributed by atoms with Gasteiger partial charge in [0.15, 0.2) is 5.76 Å². The van der Waals surface area contributed by atoms with E-state index >= 15 is 0 Å². The zero-order valence-corrected chi connectivity index (χ0v) is 13.2. The summed E-state index contributed by atoms with van der Waals surface area (Å²) < 4.78 is 70.3. The fraction of sp³-hybridized carbons (Fsp3) is 0.429. The summed E-state index contributed by atoms with van der Waals surface area (Å²) in [6.45, 7) is 6.63. The van der Waals surface area contributed by atoms with Crippen LogP contribution in [-0.4, -0.2) is 19.5 Å². The number of ether oxygens (including phenoxy) is 1. The van der Waals surface area contributed by atoms with Crippen LogP contribution >= 0.6 is 0 Å². The van der Waals surface area contributed by atoms with Crippen molar-refractivity contribution in [2.24, 2.45) is 0 Å². The van der Waals surface area contributed by atoms with Crippen molar-refractivity contribution in [3.63, 3.8) is 0 Å². The highest BCUT2D eigenvalue weighted by Crippen LogP contribution is 2.41. The van der Waals surface area contributed by atoms with Crippen LogP contribution in [0, 0.1) is 13.8 Å². The summed E-state index contributed by atoms with van der Waals surface area (Å²) in [4.78, 5) is 0. The molecule has 1 aliphatic rings. The fourth-order valence-electron chi connectivity index (χ4n) is 2.26. The van der Waals surface area contributed by atoms with Gasteiger partial charge in [0, 0.05) is 6.08 Å². The Morgan fingerprint density at radius 2 is 1.77 bits per heavy atom. The minimum Gasteiger partial charge on any atom is -0.483 e. The van der Waals surface area contributed by atoms with E-state index in [1.165, 1.54) is 6.08 Å². The lowest BCUT2D eigenvalue weighted by atomic mass is 9.96. The van der Waals surface area contributed by atoms with Crippen LogP contribution in [0.2, 0.25) is 0 Å². The Morgan fingerprint density at radius 1 is 1.18 bits per heavy atom. The number of hydrogen-bond donors (Lipinski definition) is 0. The Morgan fingerprint density at radius 3 is 2.32 bits per heavy atom. The van der Waals surface area contributed by atoms with E-state index in [0.29, 0.717) is 5.56 Å². The van der Waals surface area contributed by atoms with E-state index in [4.69, 9.17) is 4.74 Å². The SMILES string of the molecule is Cc1cc(C)c2c(c1)OC(C)(C)C=C2OS(=O)(=O)C(F)(F)F. The average Bonchev–Trinajstić information content (AvgIpc) is 2.22. The summed E-state index contributed by atoms with van der Waals surface area (Å²) >= 11 is 0. The first-order chi connectivity index (χ1) is 9.82. The molecule has 1 aromatic carbocycles. The summed E-state index contributed by atoms with van der Waals surface area (Å²) in [6.07, 6.45) is 1.22. The predicted molar refractivity (Wildman–Crippen MR) is 74.7 cm³/mol. The van der Waals surface area contributed by atoms with Crippen molar-refractivity contribution in [2.75, 3.05) is 0 Å². The van der Waals surface area contributed by atoms with Gasteiger partial charge in [0.05, 0.1) is 5.56 Å². The zero-order valence-electron chi connectivity index (χ0n) is 12.4. The number of aryl methyl sites for hydroxylation is 2. The number of hydrogen-bond acceptors (Lipinski definition) is 4. The third-order valence-electron chi connectivity index (χ3n) is 3.02. The lowest BCUT2D eigenvalue weighted by Gasteiger charge is -2.31. The Kier molecular flexibility index (Phi) is 3.72.